The molecule has 0 saturated carbocycles. The number of benzene rings is 1. The Morgan fingerprint density at radius 3 is 1.80 bits per heavy atom. The molecule has 20 heavy (non-hydrogen) atoms. The van der Waals surface area contributed by atoms with Gasteiger partial charge in [0, 0.05) is 18.1 Å². The highest BCUT2D eigenvalue weighted by atomic mass is 32.2. The average molecular weight is 295 g/mol. The largest absolute Gasteiger partial charge is 0.507 e. The van der Waals surface area contributed by atoms with E-state index in [0.29, 0.717) is 12.3 Å². The van der Waals surface area contributed by atoms with Gasteiger partial charge in [-0.3, -0.25) is 0 Å². The Bertz CT molecular complexity index is 420. The summed E-state index contributed by atoms with van der Waals surface area (Å²) >= 11 is 1.84. The van der Waals surface area contributed by atoms with Gasteiger partial charge in [-0.2, -0.15) is 11.8 Å². The van der Waals surface area contributed by atoms with Crippen LogP contribution in [0.5, 0.6) is 5.75 Å². The normalized spacial score (nSPS) is 12.8. The summed E-state index contributed by atoms with van der Waals surface area (Å²) < 4.78 is 0. The van der Waals surface area contributed by atoms with Crippen molar-refractivity contribution in [3.05, 3.63) is 28.8 Å². The van der Waals surface area contributed by atoms with E-state index in [1.165, 1.54) is 5.56 Å². The Morgan fingerprint density at radius 2 is 1.45 bits per heavy atom. The number of hydrogen-bond donors (Lipinski definition) is 2. The van der Waals surface area contributed by atoms with Gasteiger partial charge in [-0.25, -0.2) is 0 Å². The van der Waals surface area contributed by atoms with Crippen LogP contribution in [-0.2, 0) is 16.6 Å². The average Bonchev–Trinajstić information content (AvgIpc) is 2.28. The molecule has 0 radical (unpaired) electrons. The molecule has 0 atom stereocenters. The van der Waals surface area contributed by atoms with Crippen molar-refractivity contribution < 1.29 is 5.11 Å². The molecular formula is C17H29NOS. The third-order valence-electron chi connectivity index (χ3n) is 3.32. The number of phenols is 1. The molecule has 0 saturated heterocycles. The van der Waals surface area contributed by atoms with Gasteiger partial charge in [0.1, 0.15) is 5.75 Å². The van der Waals surface area contributed by atoms with Gasteiger partial charge < -0.3 is 10.8 Å². The van der Waals surface area contributed by atoms with Crippen LogP contribution in [-0.4, -0.2) is 17.4 Å². The van der Waals surface area contributed by atoms with E-state index in [1.807, 2.05) is 11.8 Å². The van der Waals surface area contributed by atoms with Crippen LogP contribution in [0.25, 0.3) is 0 Å². The molecular weight excluding hydrogens is 266 g/mol. The SMILES string of the molecule is CC(C)(C)c1cc(CSCCN)cc(C(C)(C)C)c1O. The molecule has 1 aromatic rings. The summed E-state index contributed by atoms with van der Waals surface area (Å²) in [6, 6.07) is 4.29. The lowest BCUT2D eigenvalue weighted by Gasteiger charge is -2.28. The zero-order valence-electron chi connectivity index (χ0n) is 13.7. The van der Waals surface area contributed by atoms with Crippen LogP contribution in [0.3, 0.4) is 0 Å². The Hall–Kier alpha value is -0.670. The molecule has 114 valence electrons. The van der Waals surface area contributed by atoms with Crippen LogP contribution >= 0.6 is 11.8 Å². The third-order valence-corrected chi connectivity index (χ3v) is 4.38. The molecule has 1 aromatic carbocycles. The van der Waals surface area contributed by atoms with Crippen LogP contribution in [0.4, 0.5) is 0 Å². The van der Waals surface area contributed by atoms with Gasteiger partial charge in [-0.1, -0.05) is 53.7 Å². The first-order valence-corrected chi connectivity index (χ1v) is 8.37. The minimum Gasteiger partial charge on any atom is -0.507 e. The number of aromatic hydroxyl groups is 1. The second-order valence-corrected chi connectivity index (χ2v) is 8.49. The highest BCUT2D eigenvalue weighted by molar-refractivity contribution is 7.98. The van der Waals surface area contributed by atoms with Crippen molar-refractivity contribution in [2.75, 3.05) is 12.3 Å². The molecule has 0 amide bonds. The zero-order chi connectivity index (χ0) is 15.6. The minimum absolute atomic E-state index is 0.0569. The Labute approximate surface area is 128 Å². The van der Waals surface area contributed by atoms with Crippen LogP contribution < -0.4 is 5.73 Å². The first-order valence-electron chi connectivity index (χ1n) is 7.22. The predicted octanol–water partition coefficient (Wildman–Crippen LogP) is 4.18. The molecule has 0 unspecified atom stereocenters. The molecule has 1 rings (SSSR count). The van der Waals surface area contributed by atoms with Crippen LogP contribution in [0.1, 0.15) is 58.2 Å². The standard InChI is InChI=1S/C17H29NOS/c1-16(2,3)13-9-12(11-20-8-7-18)10-14(15(13)19)17(4,5)6/h9-10,19H,7-8,11,18H2,1-6H3. The molecule has 0 aliphatic carbocycles. The first kappa shape index (κ1) is 17.4. The second kappa shape index (κ2) is 6.40. The van der Waals surface area contributed by atoms with E-state index >= 15 is 0 Å². The van der Waals surface area contributed by atoms with Gasteiger partial charge in [0.15, 0.2) is 0 Å². The summed E-state index contributed by atoms with van der Waals surface area (Å²) in [5.41, 5.74) is 8.79. The van der Waals surface area contributed by atoms with Crippen LogP contribution in [0.15, 0.2) is 12.1 Å². The summed E-state index contributed by atoms with van der Waals surface area (Å²) in [6.07, 6.45) is 0. The van der Waals surface area contributed by atoms with Crippen molar-refractivity contribution in [1.29, 1.82) is 0 Å². The number of hydrogen-bond acceptors (Lipinski definition) is 3. The number of phenolic OH excluding ortho intramolecular Hbond substituents is 1. The predicted molar refractivity (Wildman–Crippen MR) is 90.7 cm³/mol. The topological polar surface area (TPSA) is 46.2 Å². The zero-order valence-corrected chi connectivity index (χ0v) is 14.5. The molecule has 0 heterocycles. The molecule has 0 aromatic heterocycles. The maximum Gasteiger partial charge on any atom is 0.123 e. The fraction of sp³-hybridized carbons (Fsp3) is 0.647. The van der Waals surface area contributed by atoms with E-state index in [2.05, 4.69) is 53.7 Å². The van der Waals surface area contributed by atoms with Gasteiger partial charge in [0.25, 0.3) is 0 Å². The molecule has 0 aliphatic rings. The fourth-order valence-electron chi connectivity index (χ4n) is 2.19. The summed E-state index contributed by atoms with van der Waals surface area (Å²) in [6.45, 7) is 13.6. The first-order chi connectivity index (χ1) is 9.07. The maximum absolute atomic E-state index is 10.6. The molecule has 0 bridgehead atoms. The molecule has 2 nitrogen and oxygen atoms in total. The van der Waals surface area contributed by atoms with Gasteiger partial charge in [0.2, 0.25) is 0 Å². The summed E-state index contributed by atoms with van der Waals surface area (Å²) in [5.74, 6) is 2.37. The fourth-order valence-corrected chi connectivity index (χ4v) is 2.91. The smallest absolute Gasteiger partial charge is 0.123 e. The van der Waals surface area contributed by atoms with Crippen molar-refractivity contribution in [2.45, 2.75) is 58.1 Å². The van der Waals surface area contributed by atoms with E-state index in [4.69, 9.17) is 5.73 Å². The Kier molecular flexibility index (Phi) is 5.56. The quantitative estimate of drug-likeness (QED) is 0.819. The Balaban J connectivity index is 3.28. The number of nitrogens with two attached hydrogens (primary N) is 1. The lowest BCUT2D eigenvalue weighted by molar-refractivity contribution is 0.423. The lowest BCUT2D eigenvalue weighted by atomic mass is 9.78. The summed E-state index contributed by atoms with van der Waals surface area (Å²) in [5, 5.41) is 10.6. The third kappa shape index (κ3) is 4.42. The van der Waals surface area contributed by atoms with Crippen molar-refractivity contribution in [3.63, 3.8) is 0 Å². The van der Waals surface area contributed by atoms with E-state index in [0.717, 1.165) is 22.6 Å². The van der Waals surface area contributed by atoms with E-state index < -0.39 is 0 Å². The highest BCUT2D eigenvalue weighted by Gasteiger charge is 2.26. The van der Waals surface area contributed by atoms with Crippen molar-refractivity contribution in [2.24, 2.45) is 5.73 Å². The number of rotatable bonds is 4. The highest BCUT2D eigenvalue weighted by Crippen LogP contribution is 2.40. The molecule has 0 spiro atoms. The van der Waals surface area contributed by atoms with Crippen molar-refractivity contribution in [1.82, 2.24) is 0 Å². The van der Waals surface area contributed by atoms with Gasteiger partial charge in [-0.15, -0.1) is 0 Å². The van der Waals surface area contributed by atoms with E-state index in [9.17, 15) is 5.11 Å². The molecule has 0 fully saturated rings. The minimum atomic E-state index is -0.0569. The van der Waals surface area contributed by atoms with Gasteiger partial charge >= 0.3 is 0 Å². The van der Waals surface area contributed by atoms with Gasteiger partial charge in [0.05, 0.1) is 0 Å². The summed E-state index contributed by atoms with van der Waals surface area (Å²) in [4.78, 5) is 0. The monoisotopic (exact) mass is 295 g/mol. The molecule has 3 N–H and O–H groups in total. The maximum atomic E-state index is 10.6. The molecule has 0 aliphatic heterocycles. The van der Waals surface area contributed by atoms with E-state index in [1.54, 1.807) is 0 Å². The van der Waals surface area contributed by atoms with Crippen LogP contribution in [0.2, 0.25) is 0 Å². The summed E-state index contributed by atoms with van der Waals surface area (Å²) in [7, 11) is 0. The second-order valence-electron chi connectivity index (χ2n) is 7.38. The number of thioether (sulfide) groups is 1. The Morgan fingerprint density at radius 1 is 1.00 bits per heavy atom. The van der Waals surface area contributed by atoms with Crippen molar-refractivity contribution in [3.8, 4) is 5.75 Å². The van der Waals surface area contributed by atoms with Crippen LogP contribution in [0, 0.1) is 0 Å². The van der Waals surface area contributed by atoms with Crippen molar-refractivity contribution >= 4 is 11.8 Å². The van der Waals surface area contributed by atoms with E-state index in [-0.39, 0.29) is 10.8 Å². The van der Waals surface area contributed by atoms with Gasteiger partial charge in [-0.05, 0) is 27.5 Å². The molecule has 3 heteroatoms. The lowest BCUT2D eigenvalue weighted by Crippen LogP contribution is -2.17.